The summed E-state index contributed by atoms with van der Waals surface area (Å²) in [7, 11) is 1.65. The van der Waals surface area contributed by atoms with Crippen LogP contribution in [0.5, 0.6) is 0 Å². The summed E-state index contributed by atoms with van der Waals surface area (Å²) in [6.07, 6.45) is 7.58. The summed E-state index contributed by atoms with van der Waals surface area (Å²) in [6.45, 7) is 0.902. The third kappa shape index (κ3) is 2.40. The molecule has 1 fully saturated rings. The molecule has 0 radical (unpaired) electrons. The summed E-state index contributed by atoms with van der Waals surface area (Å²) >= 11 is 0. The first-order valence-electron chi connectivity index (χ1n) is 3.74. The lowest BCUT2D eigenvalue weighted by Gasteiger charge is -2.18. The first kappa shape index (κ1) is 7.61. The Hall–Kier alpha value is -0.500. The zero-order valence-corrected chi connectivity index (χ0v) is 6.38. The van der Waals surface area contributed by atoms with E-state index >= 15 is 0 Å². The van der Waals surface area contributed by atoms with Crippen molar-refractivity contribution in [2.75, 3.05) is 13.7 Å². The highest BCUT2D eigenvalue weighted by Gasteiger charge is 2.09. The summed E-state index contributed by atoms with van der Waals surface area (Å²) in [5.74, 6) is 0. The molecule has 1 aliphatic rings. The van der Waals surface area contributed by atoms with Gasteiger partial charge in [-0.15, -0.1) is 0 Å². The topological polar surface area (TPSA) is 18.5 Å². The van der Waals surface area contributed by atoms with E-state index in [1.54, 1.807) is 13.4 Å². The van der Waals surface area contributed by atoms with Gasteiger partial charge in [-0.25, -0.2) is 0 Å². The Balaban J connectivity index is 2.19. The van der Waals surface area contributed by atoms with E-state index in [4.69, 9.17) is 9.47 Å². The van der Waals surface area contributed by atoms with Crippen LogP contribution in [0.15, 0.2) is 12.3 Å². The molecule has 0 bridgehead atoms. The fourth-order valence-corrected chi connectivity index (χ4v) is 1.08. The molecule has 0 amide bonds. The molecule has 1 aliphatic heterocycles. The van der Waals surface area contributed by atoms with Crippen molar-refractivity contribution in [3.8, 4) is 0 Å². The zero-order valence-electron chi connectivity index (χ0n) is 6.38. The lowest BCUT2D eigenvalue weighted by Crippen LogP contribution is -2.16. The van der Waals surface area contributed by atoms with Crippen LogP contribution in [0.1, 0.15) is 19.3 Å². The predicted molar refractivity (Wildman–Crippen MR) is 39.7 cm³/mol. The third-order valence-electron chi connectivity index (χ3n) is 1.64. The highest BCUT2D eigenvalue weighted by molar-refractivity contribution is 4.85. The van der Waals surface area contributed by atoms with Crippen molar-refractivity contribution in [3.63, 3.8) is 0 Å². The smallest absolute Gasteiger partial charge is 0.0810 e. The Morgan fingerprint density at radius 1 is 1.50 bits per heavy atom. The lowest BCUT2D eigenvalue weighted by molar-refractivity contribution is 0.0451. The number of hydrogen-bond donors (Lipinski definition) is 0. The molecule has 1 atom stereocenters. The van der Waals surface area contributed by atoms with Crippen LogP contribution in [-0.4, -0.2) is 19.8 Å². The van der Waals surface area contributed by atoms with E-state index in [0.29, 0.717) is 6.10 Å². The summed E-state index contributed by atoms with van der Waals surface area (Å²) in [5.41, 5.74) is 0. The molecule has 58 valence electrons. The van der Waals surface area contributed by atoms with Gasteiger partial charge in [-0.1, -0.05) is 0 Å². The van der Waals surface area contributed by atoms with Gasteiger partial charge in [-0.05, 0) is 25.3 Å². The molecule has 0 spiro atoms. The van der Waals surface area contributed by atoms with E-state index in [1.807, 2.05) is 6.08 Å². The van der Waals surface area contributed by atoms with Gasteiger partial charge in [0.25, 0.3) is 0 Å². The Morgan fingerprint density at radius 3 is 3.00 bits per heavy atom. The minimum Gasteiger partial charge on any atom is -0.505 e. The van der Waals surface area contributed by atoms with Crippen molar-refractivity contribution < 1.29 is 9.47 Å². The Kier molecular flexibility index (Phi) is 3.30. The van der Waals surface area contributed by atoms with Crippen molar-refractivity contribution in [2.45, 2.75) is 25.4 Å². The van der Waals surface area contributed by atoms with Crippen LogP contribution in [0, 0.1) is 0 Å². The maximum atomic E-state index is 5.41. The number of hydrogen-bond acceptors (Lipinski definition) is 2. The molecular weight excluding hydrogens is 128 g/mol. The maximum absolute atomic E-state index is 5.41. The van der Waals surface area contributed by atoms with Crippen LogP contribution in [0.3, 0.4) is 0 Å². The fourth-order valence-electron chi connectivity index (χ4n) is 1.08. The van der Waals surface area contributed by atoms with Crippen LogP contribution < -0.4 is 0 Å². The van der Waals surface area contributed by atoms with Gasteiger partial charge in [0, 0.05) is 6.61 Å². The molecule has 0 aromatic rings. The highest BCUT2D eigenvalue weighted by atomic mass is 16.5. The largest absolute Gasteiger partial charge is 0.505 e. The maximum Gasteiger partial charge on any atom is 0.0810 e. The predicted octanol–water partition coefficient (Wildman–Crippen LogP) is 1.72. The SMILES string of the molecule is COC=CC1CCCCO1. The lowest BCUT2D eigenvalue weighted by atomic mass is 10.1. The molecule has 1 saturated heterocycles. The van der Waals surface area contributed by atoms with Gasteiger partial charge in [0.1, 0.15) is 0 Å². The molecule has 1 unspecified atom stereocenters. The van der Waals surface area contributed by atoms with Crippen LogP contribution in [0.2, 0.25) is 0 Å². The highest BCUT2D eigenvalue weighted by Crippen LogP contribution is 2.13. The monoisotopic (exact) mass is 142 g/mol. The van der Waals surface area contributed by atoms with E-state index in [1.165, 1.54) is 12.8 Å². The molecule has 10 heavy (non-hydrogen) atoms. The molecule has 2 nitrogen and oxygen atoms in total. The van der Waals surface area contributed by atoms with Crippen LogP contribution in [0.25, 0.3) is 0 Å². The molecule has 1 heterocycles. The zero-order chi connectivity index (χ0) is 7.23. The Morgan fingerprint density at radius 2 is 2.40 bits per heavy atom. The molecule has 1 rings (SSSR count). The van der Waals surface area contributed by atoms with Gasteiger partial charge in [0.05, 0.1) is 19.5 Å². The first-order valence-corrected chi connectivity index (χ1v) is 3.74. The standard InChI is InChI=1S/C8H14O2/c1-9-7-5-8-4-2-3-6-10-8/h5,7-8H,2-4,6H2,1H3. The average molecular weight is 142 g/mol. The average Bonchev–Trinajstić information content (AvgIpc) is 2.03. The van der Waals surface area contributed by atoms with Crippen LogP contribution in [0.4, 0.5) is 0 Å². The number of rotatable bonds is 2. The second kappa shape index (κ2) is 4.34. The van der Waals surface area contributed by atoms with Crippen LogP contribution in [-0.2, 0) is 9.47 Å². The van der Waals surface area contributed by atoms with Gasteiger partial charge in [0.2, 0.25) is 0 Å². The molecule has 0 aliphatic carbocycles. The molecule has 0 N–H and O–H groups in total. The van der Waals surface area contributed by atoms with Gasteiger partial charge in [-0.2, -0.15) is 0 Å². The minimum atomic E-state index is 0.300. The summed E-state index contributed by atoms with van der Waals surface area (Å²) in [4.78, 5) is 0. The van der Waals surface area contributed by atoms with Gasteiger partial charge < -0.3 is 9.47 Å². The van der Waals surface area contributed by atoms with Gasteiger partial charge in [-0.3, -0.25) is 0 Å². The van der Waals surface area contributed by atoms with Gasteiger partial charge in [0.15, 0.2) is 0 Å². The van der Waals surface area contributed by atoms with Gasteiger partial charge >= 0.3 is 0 Å². The molecule has 0 aromatic heterocycles. The van der Waals surface area contributed by atoms with E-state index in [0.717, 1.165) is 13.0 Å². The molecule has 0 aromatic carbocycles. The quantitative estimate of drug-likeness (QED) is 0.546. The summed E-state index contributed by atoms with van der Waals surface area (Å²) in [6, 6.07) is 0. The van der Waals surface area contributed by atoms with Crippen molar-refractivity contribution in [1.29, 1.82) is 0 Å². The number of ether oxygens (including phenoxy) is 2. The third-order valence-corrected chi connectivity index (χ3v) is 1.64. The van der Waals surface area contributed by atoms with Crippen molar-refractivity contribution in [2.24, 2.45) is 0 Å². The van der Waals surface area contributed by atoms with Crippen molar-refractivity contribution in [3.05, 3.63) is 12.3 Å². The molecule has 0 saturated carbocycles. The van der Waals surface area contributed by atoms with E-state index in [2.05, 4.69) is 0 Å². The van der Waals surface area contributed by atoms with Crippen LogP contribution >= 0.6 is 0 Å². The second-order valence-electron chi connectivity index (χ2n) is 2.47. The Labute approximate surface area is 61.8 Å². The first-order chi connectivity index (χ1) is 4.93. The minimum absolute atomic E-state index is 0.300. The Bertz CT molecular complexity index is 104. The summed E-state index contributed by atoms with van der Waals surface area (Å²) in [5, 5.41) is 0. The fraction of sp³-hybridized carbons (Fsp3) is 0.750. The second-order valence-corrected chi connectivity index (χ2v) is 2.47. The summed E-state index contributed by atoms with van der Waals surface area (Å²) < 4.78 is 10.2. The van der Waals surface area contributed by atoms with E-state index in [-0.39, 0.29) is 0 Å². The molecule has 2 heteroatoms. The van der Waals surface area contributed by atoms with Crippen molar-refractivity contribution in [1.82, 2.24) is 0 Å². The molecular formula is C8H14O2. The van der Waals surface area contributed by atoms with E-state index in [9.17, 15) is 0 Å². The number of methoxy groups -OCH3 is 1. The normalized spacial score (nSPS) is 27.1. The van der Waals surface area contributed by atoms with E-state index < -0.39 is 0 Å². The van der Waals surface area contributed by atoms with Crippen molar-refractivity contribution >= 4 is 0 Å².